The number of ether oxygens (including phenoxy) is 1. The maximum atomic E-state index is 10.7. The molecule has 16 heavy (non-hydrogen) atoms. The molecule has 0 saturated heterocycles. The van der Waals surface area contributed by atoms with Crippen molar-refractivity contribution >= 4 is 12.0 Å². The topological polar surface area (TPSA) is 72.5 Å². The van der Waals surface area contributed by atoms with Crippen molar-refractivity contribution in [1.82, 2.24) is 0 Å². The second-order valence-corrected chi connectivity index (χ2v) is 3.28. The van der Waals surface area contributed by atoms with Gasteiger partial charge in [0, 0.05) is 12.1 Å². The number of hydrogen-bond acceptors (Lipinski definition) is 3. The Labute approximate surface area is 94.3 Å². The van der Waals surface area contributed by atoms with Gasteiger partial charge in [-0.3, -0.25) is 4.79 Å². The first-order valence-electron chi connectivity index (χ1n) is 4.92. The van der Waals surface area contributed by atoms with Crippen LogP contribution in [0.4, 0.5) is 0 Å². The lowest BCUT2D eigenvalue weighted by Crippen LogP contribution is -2.02. The normalized spacial score (nSPS) is 10.6. The van der Waals surface area contributed by atoms with Crippen LogP contribution in [-0.2, 0) is 11.2 Å². The summed E-state index contributed by atoms with van der Waals surface area (Å²) in [6, 6.07) is 5.41. The number of carboxylic acids is 1. The summed E-state index contributed by atoms with van der Waals surface area (Å²) in [5, 5.41) is 8.76. The van der Waals surface area contributed by atoms with E-state index in [1.54, 1.807) is 12.1 Å². The van der Waals surface area contributed by atoms with E-state index in [9.17, 15) is 4.79 Å². The fourth-order valence-electron chi connectivity index (χ4n) is 1.41. The molecule has 1 aromatic carbocycles. The van der Waals surface area contributed by atoms with E-state index in [0.29, 0.717) is 17.9 Å². The first kappa shape index (κ1) is 12.3. The van der Waals surface area contributed by atoms with Crippen LogP contribution in [0.5, 0.6) is 5.75 Å². The highest BCUT2D eigenvalue weighted by molar-refractivity contribution is 5.72. The van der Waals surface area contributed by atoms with E-state index in [0.717, 1.165) is 5.56 Å². The third-order valence-corrected chi connectivity index (χ3v) is 2.09. The van der Waals surface area contributed by atoms with Crippen LogP contribution in [0, 0.1) is 0 Å². The van der Waals surface area contributed by atoms with Gasteiger partial charge in [-0.05, 0) is 17.7 Å². The van der Waals surface area contributed by atoms with E-state index < -0.39 is 5.97 Å². The minimum atomic E-state index is -0.877. The molecular formula is C12H15NO3. The molecule has 0 aliphatic rings. The number of benzene rings is 1. The second-order valence-electron chi connectivity index (χ2n) is 3.28. The van der Waals surface area contributed by atoms with E-state index >= 15 is 0 Å². The summed E-state index contributed by atoms with van der Waals surface area (Å²) in [5.41, 5.74) is 6.93. The van der Waals surface area contributed by atoms with Crippen molar-refractivity contribution in [2.75, 3.05) is 13.7 Å². The lowest BCUT2D eigenvalue weighted by atomic mass is 10.1. The van der Waals surface area contributed by atoms with Crippen molar-refractivity contribution in [3.63, 3.8) is 0 Å². The zero-order valence-electron chi connectivity index (χ0n) is 9.14. The lowest BCUT2D eigenvalue weighted by molar-refractivity contribution is -0.136. The number of hydrogen-bond donors (Lipinski definition) is 2. The molecule has 0 bridgehead atoms. The Morgan fingerprint density at radius 3 is 2.88 bits per heavy atom. The molecule has 0 unspecified atom stereocenters. The van der Waals surface area contributed by atoms with Gasteiger partial charge in [-0.1, -0.05) is 18.2 Å². The summed E-state index contributed by atoms with van der Waals surface area (Å²) in [6.07, 6.45) is 3.62. The van der Waals surface area contributed by atoms with Crippen LogP contribution in [0.25, 0.3) is 6.08 Å². The van der Waals surface area contributed by atoms with Crippen molar-refractivity contribution in [2.45, 2.75) is 6.42 Å². The van der Waals surface area contributed by atoms with Crippen LogP contribution >= 0.6 is 0 Å². The van der Waals surface area contributed by atoms with Gasteiger partial charge in [0.15, 0.2) is 0 Å². The SMILES string of the molecule is COc1ccc(C=CCN)cc1CC(=O)O. The van der Waals surface area contributed by atoms with Crippen molar-refractivity contribution in [1.29, 1.82) is 0 Å². The summed E-state index contributed by atoms with van der Waals surface area (Å²) in [6.45, 7) is 0.459. The van der Waals surface area contributed by atoms with Crippen LogP contribution in [0.15, 0.2) is 24.3 Å². The Morgan fingerprint density at radius 2 is 2.31 bits per heavy atom. The Kier molecular flexibility index (Phi) is 4.54. The number of nitrogens with two attached hydrogens (primary N) is 1. The Hall–Kier alpha value is -1.81. The van der Waals surface area contributed by atoms with E-state index in [1.807, 2.05) is 18.2 Å². The fourth-order valence-corrected chi connectivity index (χ4v) is 1.41. The highest BCUT2D eigenvalue weighted by Crippen LogP contribution is 2.21. The van der Waals surface area contributed by atoms with Crippen LogP contribution in [0.1, 0.15) is 11.1 Å². The average molecular weight is 221 g/mol. The monoisotopic (exact) mass is 221 g/mol. The first-order valence-corrected chi connectivity index (χ1v) is 4.92. The molecule has 4 nitrogen and oxygen atoms in total. The van der Waals surface area contributed by atoms with Gasteiger partial charge in [-0.25, -0.2) is 0 Å². The highest BCUT2D eigenvalue weighted by Gasteiger charge is 2.07. The molecule has 0 spiro atoms. The predicted octanol–water partition coefficient (Wildman–Crippen LogP) is 1.29. The molecule has 1 rings (SSSR count). The largest absolute Gasteiger partial charge is 0.496 e. The number of aliphatic carboxylic acids is 1. The number of carboxylic acid groups (broad SMARTS) is 1. The Morgan fingerprint density at radius 1 is 1.56 bits per heavy atom. The van der Waals surface area contributed by atoms with Gasteiger partial charge in [0.25, 0.3) is 0 Å². The summed E-state index contributed by atoms with van der Waals surface area (Å²) in [7, 11) is 1.52. The highest BCUT2D eigenvalue weighted by atomic mass is 16.5. The molecular weight excluding hydrogens is 206 g/mol. The molecule has 0 heterocycles. The third-order valence-electron chi connectivity index (χ3n) is 2.09. The summed E-state index contributed by atoms with van der Waals surface area (Å²) in [4.78, 5) is 10.7. The van der Waals surface area contributed by atoms with Crippen molar-refractivity contribution in [3.8, 4) is 5.75 Å². The van der Waals surface area contributed by atoms with Gasteiger partial charge in [-0.15, -0.1) is 0 Å². The first-order chi connectivity index (χ1) is 7.67. The molecule has 0 fully saturated rings. The zero-order valence-corrected chi connectivity index (χ0v) is 9.14. The van der Waals surface area contributed by atoms with Gasteiger partial charge >= 0.3 is 5.97 Å². The van der Waals surface area contributed by atoms with Crippen LogP contribution in [0.2, 0.25) is 0 Å². The number of rotatable bonds is 5. The quantitative estimate of drug-likeness (QED) is 0.786. The molecule has 0 aromatic heterocycles. The smallest absolute Gasteiger partial charge is 0.307 e. The minimum Gasteiger partial charge on any atom is -0.496 e. The van der Waals surface area contributed by atoms with E-state index in [-0.39, 0.29) is 6.42 Å². The van der Waals surface area contributed by atoms with Crippen molar-refractivity contribution in [2.24, 2.45) is 5.73 Å². The van der Waals surface area contributed by atoms with Crippen LogP contribution in [0.3, 0.4) is 0 Å². The molecule has 86 valence electrons. The maximum absolute atomic E-state index is 10.7. The summed E-state index contributed by atoms with van der Waals surface area (Å²) < 4.78 is 5.09. The van der Waals surface area contributed by atoms with E-state index in [1.165, 1.54) is 7.11 Å². The molecule has 0 saturated carbocycles. The van der Waals surface area contributed by atoms with Crippen LogP contribution < -0.4 is 10.5 Å². The van der Waals surface area contributed by atoms with Crippen molar-refractivity contribution in [3.05, 3.63) is 35.4 Å². The molecule has 0 radical (unpaired) electrons. The van der Waals surface area contributed by atoms with Gasteiger partial charge < -0.3 is 15.6 Å². The molecule has 0 atom stereocenters. The molecule has 0 aliphatic heterocycles. The van der Waals surface area contributed by atoms with Gasteiger partial charge in [0.1, 0.15) is 5.75 Å². The Balaban J connectivity index is 3.00. The number of carbonyl (C=O) groups is 1. The number of methoxy groups -OCH3 is 1. The lowest BCUT2D eigenvalue weighted by Gasteiger charge is -2.07. The van der Waals surface area contributed by atoms with Gasteiger partial charge in [0.05, 0.1) is 13.5 Å². The Bertz CT molecular complexity index is 399. The predicted molar refractivity (Wildman–Crippen MR) is 62.4 cm³/mol. The maximum Gasteiger partial charge on any atom is 0.307 e. The molecule has 0 aliphatic carbocycles. The summed E-state index contributed by atoms with van der Waals surface area (Å²) >= 11 is 0. The zero-order chi connectivity index (χ0) is 12.0. The molecule has 0 amide bonds. The van der Waals surface area contributed by atoms with Gasteiger partial charge in [0.2, 0.25) is 0 Å². The van der Waals surface area contributed by atoms with Crippen LogP contribution in [-0.4, -0.2) is 24.7 Å². The standard InChI is InChI=1S/C12H15NO3/c1-16-11-5-4-9(3-2-6-13)7-10(11)8-12(14)15/h2-5,7H,6,8,13H2,1H3,(H,14,15). The van der Waals surface area contributed by atoms with Crippen molar-refractivity contribution < 1.29 is 14.6 Å². The molecule has 3 N–H and O–H groups in total. The second kappa shape index (κ2) is 5.92. The summed E-state index contributed by atoms with van der Waals surface area (Å²) in [5.74, 6) is -0.287. The van der Waals surface area contributed by atoms with E-state index in [2.05, 4.69) is 0 Å². The molecule has 4 heteroatoms. The average Bonchev–Trinajstić information content (AvgIpc) is 2.26. The van der Waals surface area contributed by atoms with E-state index in [4.69, 9.17) is 15.6 Å². The fraction of sp³-hybridized carbons (Fsp3) is 0.250. The third kappa shape index (κ3) is 3.40. The van der Waals surface area contributed by atoms with Gasteiger partial charge in [-0.2, -0.15) is 0 Å². The molecule has 1 aromatic rings. The minimum absolute atomic E-state index is 0.0481.